The number of amides is 1. The quantitative estimate of drug-likeness (QED) is 0.803. The lowest BCUT2D eigenvalue weighted by atomic mass is 10.1. The van der Waals surface area contributed by atoms with E-state index in [-0.39, 0.29) is 5.91 Å². The molecule has 1 aromatic carbocycles. The van der Waals surface area contributed by atoms with Crippen molar-refractivity contribution in [3.63, 3.8) is 0 Å². The first-order valence-corrected chi connectivity index (χ1v) is 11.5. The minimum Gasteiger partial charge on any atom is -0.341 e. The Bertz CT molecular complexity index is 719. The second-order valence-corrected chi connectivity index (χ2v) is 9.55. The third-order valence-corrected chi connectivity index (χ3v) is 7.64. The molecule has 0 bridgehead atoms. The number of nitrogens with zero attached hydrogens (tertiary/aromatic N) is 2. The second kappa shape index (κ2) is 9.17. The van der Waals surface area contributed by atoms with Gasteiger partial charge in [0, 0.05) is 39.1 Å². The van der Waals surface area contributed by atoms with E-state index in [2.05, 4.69) is 5.32 Å². The van der Waals surface area contributed by atoms with Gasteiger partial charge in [0.15, 0.2) is 0 Å². The standard InChI is InChI=1S/C20H31N3O3S/c1-22(18-12-13-21-16-18)20(24)11-8-17-6-9-19(10-7-17)27(25,26)23-14-4-2-3-5-15-23/h6-7,9-10,18,21H,2-5,8,11-16H2,1H3. The zero-order valence-corrected chi connectivity index (χ0v) is 17.0. The summed E-state index contributed by atoms with van der Waals surface area (Å²) in [5.74, 6) is 0.143. The first-order valence-electron chi connectivity index (χ1n) is 10.0. The molecule has 0 radical (unpaired) electrons. The van der Waals surface area contributed by atoms with E-state index in [1.54, 1.807) is 16.4 Å². The molecule has 0 aliphatic carbocycles. The van der Waals surface area contributed by atoms with E-state index in [0.29, 0.717) is 36.9 Å². The van der Waals surface area contributed by atoms with Crippen LogP contribution in [0.2, 0.25) is 0 Å². The maximum atomic E-state index is 12.8. The Morgan fingerprint density at radius 3 is 2.41 bits per heavy atom. The lowest BCUT2D eigenvalue weighted by molar-refractivity contribution is -0.131. The highest BCUT2D eigenvalue weighted by molar-refractivity contribution is 7.89. The summed E-state index contributed by atoms with van der Waals surface area (Å²) >= 11 is 0. The summed E-state index contributed by atoms with van der Waals surface area (Å²) in [6.45, 7) is 3.06. The van der Waals surface area contributed by atoms with Gasteiger partial charge >= 0.3 is 0 Å². The topological polar surface area (TPSA) is 69.7 Å². The zero-order chi connectivity index (χ0) is 19.3. The summed E-state index contributed by atoms with van der Waals surface area (Å²) in [5, 5.41) is 3.28. The third-order valence-electron chi connectivity index (χ3n) is 5.73. The number of hydrogen-bond acceptors (Lipinski definition) is 4. The van der Waals surface area contributed by atoms with Gasteiger partial charge < -0.3 is 10.2 Å². The van der Waals surface area contributed by atoms with Crippen molar-refractivity contribution in [1.29, 1.82) is 0 Å². The zero-order valence-electron chi connectivity index (χ0n) is 16.2. The molecule has 1 N–H and O–H groups in total. The van der Waals surface area contributed by atoms with Crippen LogP contribution in [0.5, 0.6) is 0 Å². The Morgan fingerprint density at radius 2 is 1.81 bits per heavy atom. The molecule has 2 aliphatic rings. The summed E-state index contributed by atoms with van der Waals surface area (Å²) < 4.78 is 27.2. The van der Waals surface area contributed by atoms with Gasteiger partial charge in [-0.05, 0) is 49.9 Å². The fraction of sp³-hybridized carbons (Fsp3) is 0.650. The molecule has 1 unspecified atom stereocenters. The molecule has 2 saturated heterocycles. The number of carbonyl (C=O) groups excluding carboxylic acids is 1. The van der Waals surface area contributed by atoms with Crippen LogP contribution in [0, 0.1) is 0 Å². The van der Waals surface area contributed by atoms with Gasteiger partial charge in [0.25, 0.3) is 0 Å². The van der Waals surface area contributed by atoms with Gasteiger partial charge in [-0.3, -0.25) is 4.79 Å². The van der Waals surface area contributed by atoms with Crippen LogP contribution in [0.1, 0.15) is 44.1 Å². The number of hydrogen-bond donors (Lipinski definition) is 1. The van der Waals surface area contributed by atoms with Crippen LogP contribution in [0.15, 0.2) is 29.2 Å². The Labute approximate surface area is 163 Å². The van der Waals surface area contributed by atoms with Gasteiger partial charge in [-0.25, -0.2) is 8.42 Å². The largest absolute Gasteiger partial charge is 0.341 e. The maximum absolute atomic E-state index is 12.8. The predicted molar refractivity (Wildman–Crippen MR) is 106 cm³/mol. The van der Waals surface area contributed by atoms with E-state index >= 15 is 0 Å². The number of carbonyl (C=O) groups is 1. The Kier molecular flexibility index (Phi) is 6.89. The monoisotopic (exact) mass is 393 g/mol. The van der Waals surface area contributed by atoms with E-state index in [0.717, 1.165) is 50.8 Å². The average molecular weight is 394 g/mol. The lowest BCUT2D eigenvalue weighted by Gasteiger charge is -2.23. The van der Waals surface area contributed by atoms with Crippen LogP contribution in [0.4, 0.5) is 0 Å². The Morgan fingerprint density at radius 1 is 1.15 bits per heavy atom. The van der Waals surface area contributed by atoms with Crippen LogP contribution in [-0.4, -0.2) is 62.8 Å². The lowest BCUT2D eigenvalue weighted by Crippen LogP contribution is -2.38. The SMILES string of the molecule is CN(C(=O)CCc1ccc(S(=O)(=O)N2CCCCCC2)cc1)C1CCNC1. The maximum Gasteiger partial charge on any atom is 0.243 e. The number of aryl methyl sites for hydroxylation is 1. The van der Waals surface area contributed by atoms with Gasteiger partial charge in [-0.1, -0.05) is 25.0 Å². The molecule has 0 spiro atoms. The van der Waals surface area contributed by atoms with Gasteiger partial charge in [-0.2, -0.15) is 4.31 Å². The van der Waals surface area contributed by atoms with Gasteiger partial charge in [-0.15, -0.1) is 0 Å². The summed E-state index contributed by atoms with van der Waals surface area (Å²) in [6, 6.07) is 7.35. The molecule has 2 heterocycles. The van der Waals surface area contributed by atoms with Crippen molar-refractivity contribution in [2.24, 2.45) is 0 Å². The smallest absolute Gasteiger partial charge is 0.243 e. The number of rotatable bonds is 6. The van der Waals surface area contributed by atoms with Crippen LogP contribution in [0.25, 0.3) is 0 Å². The van der Waals surface area contributed by atoms with Crippen LogP contribution in [0.3, 0.4) is 0 Å². The first-order chi connectivity index (χ1) is 13.0. The van der Waals surface area contributed by atoms with Crippen LogP contribution >= 0.6 is 0 Å². The molecule has 6 nitrogen and oxygen atoms in total. The van der Waals surface area contributed by atoms with Crippen molar-refractivity contribution < 1.29 is 13.2 Å². The normalized spacial score (nSPS) is 21.7. The minimum absolute atomic E-state index is 0.143. The van der Waals surface area contributed by atoms with Crippen LogP contribution in [-0.2, 0) is 21.2 Å². The molecule has 1 atom stereocenters. The molecular formula is C20H31N3O3S. The molecule has 0 saturated carbocycles. The van der Waals surface area contributed by atoms with E-state index in [9.17, 15) is 13.2 Å². The molecule has 2 fully saturated rings. The van der Waals surface area contributed by atoms with E-state index in [1.165, 1.54) is 0 Å². The van der Waals surface area contributed by atoms with Crippen LogP contribution < -0.4 is 5.32 Å². The number of sulfonamides is 1. The fourth-order valence-corrected chi connectivity index (χ4v) is 5.38. The highest BCUT2D eigenvalue weighted by Gasteiger charge is 2.25. The van der Waals surface area contributed by atoms with Crippen molar-refractivity contribution in [2.45, 2.75) is 55.9 Å². The number of benzene rings is 1. The van der Waals surface area contributed by atoms with Gasteiger partial charge in [0.1, 0.15) is 0 Å². The number of nitrogens with one attached hydrogen (secondary N) is 1. The van der Waals surface area contributed by atoms with Crippen molar-refractivity contribution in [3.8, 4) is 0 Å². The molecule has 150 valence electrons. The Hall–Kier alpha value is -1.44. The summed E-state index contributed by atoms with van der Waals surface area (Å²) in [6.07, 6.45) is 6.16. The van der Waals surface area contributed by atoms with E-state index in [4.69, 9.17) is 0 Å². The molecule has 0 aromatic heterocycles. The Balaban J connectivity index is 1.57. The minimum atomic E-state index is -3.41. The van der Waals surface area contributed by atoms with Crippen molar-refractivity contribution >= 4 is 15.9 Å². The summed E-state index contributed by atoms with van der Waals surface area (Å²) in [5.41, 5.74) is 0.996. The van der Waals surface area contributed by atoms with Crippen molar-refractivity contribution in [2.75, 3.05) is 33.2 Å². The van der Waals surface area contributed by atoms with E-state index < -0.39 is 10.0 Å². The fourth-order valence-electron chi connectivity index (χ4n) is 3.86. The highest BCUT2D eigenvalue weighted by atomic mass is 32.2. The second-order valence-electron chi connectivity index (χ2n) is 7.61. The van der Waals surface area contributed by atoms with Gasteiger partial charge in [0.2, 0.25) is 15.9 Å². The van der Waals surface area contributed by atoms with Gasteiger partial charge in [0.05, 0.1) is 4.90 Å². The molecule has 7 heteroatoms. The highest BCUT2D eigenvalue weighted by Crippen LogP contribution is 2.21. The van der Waals surface area contributed by atoms with E-state index in [1.807, 2.05) is 24.1 Å². The summed E-state index contributed by atoms with van der Waals surface area (Å²) in [4.78, 5) is 14.6. The third kappa shape index (κ3) is 5.09. The van der Waals surface area contributed by atoms with Crippen molar-refractivity contribution in [1.82, 2.24) is 14.5 Å². The van der Waals surface area contributed by atoms with Crippen molar-refractivity contribution in [3.05, 3.63) is 29.8 Å². The average Bonchev–Trinajstić information content (AvgIpc) is 3.07. The molecule has 1 aromatic rings. The predicted octanol–water partition coefficient (Wildman–Crippen LogP) is 2.00. The molecule has 2 aliphatic heterocycles. The number of likely N-dealkylation sites (N-methyl/N-ethyl adjacent to an activating group) is 1. The molecule has 1 amide bonds. The first kappa shape index (κ1) is 20.3. The molecular weight excluding hydrogens is 362 g/mol. The molecule has 3 rings (SSSR count). The molecule has 27 heavy (non-hydrogen) atoms. The summed E-state index contributed by atoms with van der Waals surface area (Å²) in [7, 11) is -1.53.